The molecule has 0 aromatic carbocycles. The standard InChI is InChI=1S/C33H53NO2/c1-35-22-12-10-20(11-13-22)19-34-29-8-4-2-7-25(29)33-28-16-21-17-32-27(24-6-3-5-9-31(24)36-32)18-26(21)23(28)14-15-30(33)34/h20-33H,2-19H2,1H3/t20?,21?,22?,23?,24?,25?,26?,27?,28?,29?,30?,31?,32-,33?/m0/s1. The lowest BCUT2D eigenvalue weighted by Crippen LogP contribution is -2.45. The first-order valence-corrected chi connectivity index (χ1v) is 16.7. The van der Waals surface area contributed by atoms with Crippen LogP contribution in [-0.4, -0.2) is 49.0 Å². The summed E-state index contributed by atoms with van der Waals surface area (Å²) in [5, 5.41) is 0. The smallest absolute Gasteiger partial charge is 0.0613 e. The fraction of sp³-hybridized carbons (Fsp3) is 1.00. The van der Waals surface area contributed by atoms with E-state index in [0.717, 1.165) is 65.3 Å². The molecule has 2 saturated heterocycles. The van der Waals surface area contributed by atoms with E-state index >= 15 is 0 Å². The Hall–Kier alpha value is -0.120. The molecule has 3 heteroatoms. The summed E-state index contributed by atoms with van der Waals surface area (Å²) in [6.07, 6.45) is 26.7. The highest BCUT2D eigenvalue weighted by atomic mass is 16.5. The fourth-order valence-electron chi connectivity index (χ4n) is 12.6. The van der Waals surface area contributed by atoms with Gasteiger partial charge in [-0.3, -0.25) is 4.90 Å². The minimum atomic E-state index is 0.541. The first kappa shape index (κ1) is 23.7. The van der Waals surface area contributed by atoms with Gasteiger partial charge in [0.1, 0.15) is 0 Å². The molecular weight excluding hydrogens is 442 g/mol. The predicted octanol–water partition coefficient (Wildman–Crippen LogP) is 7.08. The second-order valence-electron chi connectivity index (χ2n) is 15.1. The number of nitrogens with zero attached hydrogens (tertiary/aromatic N) is 1. The van der Waals surface area contributed by atoms with Crippen molar-refractivity contribution in [3.63, 3.8) is 0 Å². The van der Waals surface area contributed by atoms with Gasteiger partial charge in [-0.15, -0.1) is 0 Å². The topological polar surface area (TPSA) is 21.7 Å². The van der Waals surface area contributed by atoms with Gasteiger partial charge in [-0.25, -0.2) is 0 Å². The Morgan fingerprint density at radius 3 is 2.28 bits per heavy atom. The molecule has 6 saturated carbocycles. The van der Waals surface area contributed by atoms with E-state index < -0.39 is 0 Å². The third-order valence-electron chi connectivity index (χ3n) is 13.9. The van der Waals surface area contributed by atoms with Crippen LogP contribution in [0.3, 0.4) is 0 Å². The molecule has 2 aliphatic heterocycles. The van der Waals surface area contributed by atoms with Crippen molar-refractivity contribution in [2.75, 3.05) is 13.7 Å². The molecule has 0 radical (unpaired) electrons. The van der Waals surface area contributed by atoms with Crippen molar-refractivity contribution in [2.45, 2.75) is 140 Å². The highest BCUT2D eigenvalue weighted by molar-refractivity contribution is 5.12. The first-order valence-electron chi connectivity index (χ1n) is 16.7. The third-order valence-corrected chi connectivity index (χ3v) is 13.9. The molecule has 0 bridgehead atoms. The average molecular weight is 496 g/mol. The van der Waals surface area contributed by atoms with Gasteiger partial charge in [0.25, 0.3) is 0 Å². The summed E-state index contributed by atoms with van der Waals surface area (Å²) in [6, 6.07) is 1.86. The molecule has 6 aliphatic carbocycles. The molecule has 0 aromatic heterocycles. The molecule has 2 heterocycles. The van der Waals surface area contributed by atoms with Crippen LogP contribution in [0.5, 0.6) is 0 Å². The van der Waals surface area contributed by atoms with Gasteiger partial charge in [0.05, 0.1) is 18.3 Å². The van der Waals surface area contributed by atoms with Crippen LogP contribution >= 0.6 is 0 Å². The summed E-state index contributed by atoms with van der Waals surface area (Å²) in [7, 11) is 1.92. The van der Waals surface area contributed by atoms with E-state index in [2.05, 4.69) is 4.90 Å². The average Bonchev–Trinajstić information content (AvgIpc) is 3.57. The van der Waals surface area contributed by atoms with Crippen LogP contribution in [-0.2, 0) is 9.47 Å². The van der Waals surface area contributed by atoms with Crippen molar-refractivity contribution in [2.24, 2.45) is 53.3 Å². The maximum atomic E-state index is 6.80. The van der Waals surface area contributed by atoms with E-state index in [4.69, 9.17) is 9.47 Å². The molecule has 0 N–H and O–H groups in total. The zero-order valence-electron chi connectivity index (χ0n) is 23.1. The summed E-state index contributed by atoms with van der Waals surface area (Å²) in [4.78, 5) is 3.18. The van der Waals surface area contributed by atoms with Gasteiger partial charge in [-0.05, 0) is 137 Å². The maximum absolute atomic E-state index is 6.80. The summed E-state index contributed by atoms with van der Waals surface area (Å²) >= 11 is 0. The second-order valence-corrected chi connectivity index (χ2v) is 15.1. The summed E-state index contributed by atoms with van der Waals surface area (Å²) in [5.74, 6) is 9.04. The van der Waals surface area contributed by atoms with Gasteiger partial charge in [-0.2, -0.15) is 0 Å². The van der Waals surface area contributed by atoms with E-state index in [1.165, 1.54) is 90.0 Å². The molecule has 11 unspecified atom stereocenters. The Bertz CT molecular complexity index is 793. The van der Waals surface area contributed by atoms with Gasteiger partial charge < -0.3 is 9.47 Å². The van der Waals surface area contributed by atoms with E-state index in [1.807, 2.05) is 7.11 Å². The molecule has 202 valence electrons. The van der Waals surface area contributed by atoms with Crippen molar-refractivity contribution in [3.8, 4) is 0 Å². The highest BCUT2D eigenvalue weighted by Gasteiger charge is 2.61. The molecule has 0 spiro atoms. The SMILES string of the molecule is COC1CCC(CN2C3CCCCC3C3C4CC5C[C@@H]6OC7CCCCC7C6CC5C4CCC32)CC1. The zero-order chi connectivity index (χ0) is 23.8. The highest BCUT2D eigenvalue weighted by Crippen LogP contribution is 2.64. The van der Waals surface area contributed by atoms with Crippen LogP contribution in [0.25, 0.3) is 0 Å². The predicted molar refractivity (Wildman–Crippen MR) is 144 cm³/mol. The van der Waals surface area contributed by atoms with E-state index in [9.17, 15) is 0 Å². The molecule has 3 nitrogen and oxygen atoms in total. The number of hydrogen-bond acceptors (Lipinski definition) is 3. The van der Waals surface area contributed by atoms with E-state index in [1.54, 1.807) is 25.7 Å². The fourth-order valence-corrected chi connectivity index (χ4v) is 12.6. The third kappa shape index (κ3) is 3.75. The van der Waals surface area contributed by atoms with E-state index in [0.29, 0.717) is 18.3 Å². The monoisotopic (exact) mass is 495 g/mol. The van der Waals surface area contributed by atoms with Crippen LogP contribution in [0.1, 0.15) is 109 Å². The van der Waals surface area contributed by atoms with Crippen LogP contribution in [0.4, 0.5) is 0 Å². The molecule has 8 aliphatic rings. The van der Waals surface area contributed by atoms with Crippen LogP contribution < -0.4 is 0 Å². The lowest BCUT2D eigenvalue weighted by molar-refractivity contribution is -0.0156. The number of likely N-dealkylation sites (tertiary alicyclic amines) is 1. The largest absolute Gasteiger partial charge is 0.381 e. The minimum absolute atomic E-state index is 0.541. The summed E-state index contributed by atoms with van der Waals surface area (Å²) in [6.45, 7) is 1.42. The molecule has 36 heavy (non-hydrogen) atoms. The normalized spacial score (nSPS) is 56.2. The quantitative estimate of drug-likeness (QED) is 0.417. The van der Waals surface area contributed by atoms with Gasteiger partial charge in [0, 0.05) is 25.7 Å². The number of methoxy groups -OCH3 is 1. The van der Waals surface area contributed by atoms with Gasteiger partial charge in [0.2, 0.25) is 0 Å². The van der Waals surface area contributed by atoms with Crippen LogP contribution in [0, 0.1) is 53.3 Å². The van der Waals surface area contributed by atoms with Gasteiger partial charge in [0.15, 0.2) is 0 Å². The van der Waals surface area contributed by atoms with Crippen LogP contribution in [0.2, 0.25) is 0 Å². The number of rotatable bonds is 3. The Kier molecular flexibility index (Phi) is 6.27. The Morgan fingerprint density at radius 1 is 0.611 bits per heavy atom. The molecule has 12 atom stereocenters. The molecule has 8 fully saturated rings. The maximum Gasteiger partial charge on any atom is 0.0613 e. The lowest BCUT2D eigenvalue weighted by atomic mass is 9.62. The zero-order valence-corrected chi connectivity index (χ0v) is 23.1. The Labute approximate surface area is 220 Å². The first-order chi connectivity index (χ1) is 17.8. The summed E-state index contributed by atoms with van der Waals surface area (Å²) in [5.41, 5.74) is 0. The Morgan fingerprint density at radius 2 is 1.42 bits per heavy atom. The number of fused-ring (bicyclic) bond motifs is 10. The van der Waals surface area contributed by atoms with Crippen molar-refractivity contribution in [1.29, 1.82) is 0 Å². The van der Waals surface area contributed by atoms with Crippen molar-refractivity contribution in [1.82, 2.24) is 4.90 Å². The molecular formula is C33H53NO2. The number of ether oxygens (including phenoxy) is 2. The van der Waals surface area contributed by atoms with Crippen LogP contribution in [0.15, 0.2) is 0 Å². The summed E-state index contributed by atoms with van der Waals surface area (Å²) < 4.78 is 12.5. The minimum Gasteiger partial charge on any atom is -0.381 e. The lowest BCUT2D eigenvalue weighted by Gasteiger charge is -2.44. The molecule has 0 amide bonds. The Balaban J connectivity index is 1.00. The van der Waals surface area contributed by atoms with Gasteiger partial charge in [-0.1, -0.05) is 25.7 Å². The van der Waals surface area contributed by atoms with E-state index in [-0.39, 0.29) is 0 Å². The van der Waals surface area contributed by atoms with Gasteiger partial charge >= 0.3 is 0 Å². The number of hydrogen-bond donors (Lipinski definition) is 0. The van der Waals surface area contributed by atoms with Crippen molar-refractivity contribution < 1.29 is 9.47 Å². The second kappa shape index (κ2) is 9.51. The molecule has 8 rings (SSSR count). The molecule has 0 aromatic rings. The van der Waals surface area contributed by atoms with Crippen molar-refractivity contribution in [3.05, 3.63) is 0 Å². The van der Waals surface area contributed by atoms with Crippen molar-refractivity contribution >= 4 is 0 Å².